The normalized spacial score (nSPS) is 12.9. The van der Waals surface area contributed by atoms with Crippen molar-refractivity contribution < 1.29 is 12.7 Å². The lowest BCUT2D eigenvalue weighted by molar-refractivity contribution is -0.0437. The molecule has 0 aliphatic heterocycles. The minimum atomic E-state index is -3.46. The molecule has 0 saturated heterocycles. The zero-order chi connectivity index (χ0) is 14.5. The fraction of sp³-hybridized carbons (Fsp3) is 0.538. The van der Waals surface area contributed by atoms with Crippen LogP contribution in [-0.4, -0.2) is 33.5 Å². The van der Waals surface area contributed by atoms with Crippen LogP contribution in [0.2, 0.25) is 19.6 Å². The molecule has 0 N–H and O–H groups in total. The fourth-order valence-electron chi connectivity index (χ4n) is 1.64. The third kappa shape index (κ3) is 6.86. The van der Waals surface area contributed by atoms with E-state index in [4.69, 9.17) is 4.28 Å². The third-order valence-corrected chi connectivity index (χ3v) is 4.87. The zero-order valence-corrected chi connectivity index (χ0v) is 13.9. The number of rotatable bonds is 7. The Kier molecular flexibility index (Phi) is 5.73. The van der Waals surface area contributed by atoms with Crippen molar-refractivity contribution in [3.63, 3.8) is 0 Å². The van der Waals surface area contributed by atoms with E-state index in [0.29, 0.717) is 12.7 Å². The Hall–Kier alpha value is -0.693. The van der Waals surface area contributed by atoms with E-state index in [1.165, 1.54) is 0 Å². The highest BCUT2D eigenvalue weighted by Crippen LogP contribution is 2.12. The molecule has 0 aromatic heterocycles. The van der Waals surface area contributed by atoms with Crippen molar-refractivity contribution in [2.45, 2.75) is 33.1 Å². The summed E-state index contributed by atoms with van der Waals surface area (Å²) >= 11 is 0. The van der Waals surface area contributed by atoms with E-state index in [0.717, 1.165) is 5.56 Å². The summed E-state index contributed by atoms with van der Waals surface area (Å²) in [7, 11) is -4.91. The van der Waals surface area contributed by atoms with Gasteiger partial charge in [0.05, 0.1) is 20.4 Å². The Balaban J connectivity index is 2.81. The van der Waals surface area contributed by atoms with Crippen LogP contribution in [0, 0.1) is 0 Å². The van der Waals surface area contributed by atoms with Crippen LogP contribution < -0.4 is 0 Å². The summed E-state index contributed by atoms with van der Waals surface area (Å²) in [6, 6.07) is 9.76. The Labute approximate surface area is 117 Å². The molecule has 19 heavy (non-hydrogen) atoms. The van der Waals surface area contributed by atoms with Crippen molar-refractivity contribution in [2.75, 3.05) is 11.9 Å². The van der Waals surface area contributed by atoms with Crippen LogP contribution in [-0.2, 0) is 20.9 Å². The SMILES string of the molecule is CCS(=O)(=O)ON(Cc1ccccc1)C[Si](C)(C)C. The predicted molar refractivity (Wildman–Crippen MR) is 80.7 cm³/mol. The largest absolute Gasteiger partial charge is 0.283 e. The van der Waals surface area contributed by atoms with Gasteiger partial charge in [-0.1, -0.05) is 50.0 Å². The second kappa shape index (κ2) is 6.65. The minimum Gasteiger partial charge on any atom is -0.198 e. The van der Waals surface area contributed by atoms with Gasteiger partial charge in [-0.25, -0.2) is 0 Å². The Bertz CT molecular complexity index is 482. The smallest absolute Gasteiger partial charge is 0.198 e. The van der Waals surface area contributed by atoms with Crippen LogP contribution >= 0.6 is 0 Å². The van der Waals surface area contributed by atoms with Gasteiger partial charge in [0.25, 0.3) is 10.1 Å². The molecule has 0 unspecified atom stereocenters. The highest BCUT2D eigenvalue weighted by Gasteiger charge is 2.23. The molecule has 0 aliphatic carbocycles. The fourth-order valence-corrected chi connectivity index (χ4v) is 3.50. The van der Waals surface area contributed by atoms with Gasteiger partial charge in [-0.2, -0.15) is 17.8 Å². The first-order chi connectivity index (χ1) is 8.72. The van der Waals surface area contributed by atoms with Crippen LogP contribution in [0.3, 0.4) is 0 Å². The molecule has 6 heteroatoms. The van der Waals surface area contributed by atoms with E-state index in [-0.39, 0.29) is 5.75 Å². The standard InChI is InChI=1S/C13H23NO3SSi/c1-5-18(15,16)17-14(12-19(2,3)4)11-13-9-7-6-8-10-13/h6-10H,5,11-12H2,1-4H3. The molecule has 0 saturated carbocycles. The molecule has 0 spiro atoms. The van der Waals surface area contributed by atoms with E-state index >= 15 is 0 Å². The molecular weight excluding hydrogens is 278 g/mol. The van der Waals surface area contributed by atoms with Crippen molar-refractivity contribution in [2.24, 2.45) is 0 Å². The molecule has 1 rings (SSSR count). The van der Waals surface area contributed by atoms with E-state index < -0.39 is 18.2 Å². The van der Waals surface area contributed by atoms with Crippen LogP contribution in [0.1, 0.15) is 12.5 Å². The molecule has 108 valence electrons. The lowest BCUT2D eigenvalue weighted by Crippen LogP contribution is -2.41. The molecule has 0 amide bonds. The quantitative estimate of drug-likeness (QED) is 0.574. The average Bonchev–Trinajstić information content (AvgIpc) is 2.27. The van der Waals surface area contributed by atoms with Gasteiger partial charge >= 0.3 is 0 Å². The monoisotopic (exact) mass is 301 g/mol. The molecule has 0 heterocycles. The van der Waals surface area contributed by atoms with Gasteiger partial charge in [0.15, 0.2) is 0 Å². The van der Waals surface area contributed by atoms with Gasteiger partial charge in [0.1, 0.15) is 0 Å². The van der Waals surface area contributed by atoms with E-state index in [2.05, 4.69) is 19.6 Å². The molecule has 0 aliphatic rings. The maximum absolute atomic E-state index is 11.6. The number of benzene rings is 1. The van der Waals surface area contributed by atoms with Crippen LogP contribution in [0.5, 0.6) is 0 Å². The van der Waals surface area contributed by atoms with E-state index in [1.807, 2.05) is 30.3 Å². The predicted octanol–water partition coefficient (Wildman–Crippen LogP) is 2.65. The number of hydrogen-bond acceptors (Lipinski definition) is 4. The molecule has 0 fully saturated rings. The third-order valence-electron chi connectivity index (χ3n) is 2.42. The Morgan fingerprint density at radius 1 is 1.16 bits per heavy atom. The molecular formula is C13H23NO3SSi. The summed E-state index contributed by atoms with van der Waals surface area (Å²) in [4.78, 5) is 0. The van der Waals surface area contributed by atoms with Gasteiger partial charge < -0.3 is 0 Å². The number of hydrogen-bond donors (Lipinski definition) is 0. The average molecular weight is 301 g/mol. The highest BCUT2D eigenvalue weighted by molar-refractivity contribution is 7.86. The zero-order valence-electron chi connectivity index (χ0n) is 12.1. The van der Waals surface area contributed by atoms with Gasteiger partial charge in [-0.15, -0.1) is 0 Å². The first kappa shape index (κ1) is 16.4. The molecule has 4 nitrogen and oxygen atoms in total. The summed E-state index contributed by atoms with van der Waals surface area (Å²) in [5.74, 6) is -0.00993. The molecule has 1 aromatic carbocycles. The van der Waals surface area contributed by atoms with Crippen molar-refractivity contribution in [1.82, 2.24) is 5.06 Å². The molecule has 1 aromatic rings. The van der Waals surface area contributed by atoms with Gasteiger partial charge in [0.2, 0.25) is 0 Å². The highest BCUT2D eigenvalue weighted by atomic mass is 32.2. The van der Waals surface area contributed by atoms with Crippen molar-refractivity contribution in [1.29, 1.82) is 0 Å². The Morgan fingerprint density at radius 2 is 1.74 bits per heavy atom. The second-order valence-corrected chi connectivity index (χ2v) is 13.0. The maximum Gasteiger partial charge on any atom is 0.283 e. The number of hydroxylamine groups is 2. The maximum atomic E-state index is 11.6. The summed E-state index contributed by atoms with van der Waals surface area (Å²) in [6.07, 6.45) is 0.682. The molecule has 0 radical (unpaired) electrons. The topological polar surface area (TPSA) is 46.6 Å². The van der Waals surface area contributed by atoms with Crippen molar-refractivity contribution in [3.05, 3.63) is 35.9 Å². The first-order valence-corrected chi connectivity index (χ1v) is 11.7. The van der Waals surface area contributed by atoms with Crippen molar-refractivity contribution >= 4 is 18.2 Å². The molecule has 0 atom stereocenters. The Morgan fingerprint density at radius 3 is 2.21 bits per heavy atom. The van der Waals surface area contributed by atoms with Gasteiger partial charge in [0, 0.05) is 6.17 Å². The second-order valence-electron chi connectivity index (χ2n) is 5.77. The number of nitrogens with zero attached hydrogens (tertiary/aromatic N) is 1. The van der Waals surface area contributed by atoms with E-state index in [1.54, 1.807) is 12.0 Å². The van der Waals surface area contributed by atoms with E-state index in [9.17, 15) is 8.42 Å². The summed E-state index contributed by atoms with van der Waals surface area (Å²) < 4.78 is 28.5. The lowest BCUT2D eigenvalue weighted by atomic mass is 10.2. The summed E-state index contributed by atoms with van der Waals surface area (Å²) in [6.45, 7) is 8.64. The van der Waals surface area contributed by atoms with Gasteiger partial charge in [-0.3, -0.25) is 0 Å². The first-order valence-electron chi connectivity index (χ1n) is 6.43. The summed E-state index contributed by atoms with van der Waals surface area (Å²) in [5, 5.41) is 1.58. The minimum absolute atomic E-state index is 0.00993. The van der Waals surface area contributed by atoms with Crippen LogP contribution in [0.15, 0.2) is 30.3 Å². The summed E-state index contributed by atoms with van der Waals surface area (Å²) in [5.41, 5.74) is 1.05. The van der Waals surface area contributed by atoms with Crippen molar-refractivity contribution in [3.8, 4) is 0 Å². The van der Waals surface area contributed by atoms with Gasteiger partial charge in [-0.05, 0) is 12.5 Å². The van der Waals surface area contributed by atoms with Crippen LogP contribution in [0.25, 0.3) is 0 Å². The van der Waals surface area contributed by atoms with Crippen LogP contribution in [0.4, 0.5) is 0 Å². The molecule has 0 bridgehead atoms. The lowest BCUT2D eigenvalue weighted by Gasteiger charge is -2.27.